The Bertz CT molecular complexity index is 449. The van der Waals surface area contributed by atoms with Gasteiger partial charge >= 0.3 is 6.18 Å². The maximum Gasteiger partial charge on any atom is 0.418 e. The molecule has 0 saturated heterocycles. The van der Waals surface area contributed by atoms with Gasteiger partial charge in [0.05, 0.1) is 11.3 Å². The Kier molecular flexibility index (Phi) is 2.14. The van der Waals surface area contributed by atoms with Crippen molar-refractivity contribution in [2.24, 2.45) is 0 Å². The van der Waals surface area contributed by atoms with Gasteiger partial charge in [0.2, 0.25) is 0 Å². The molecule has 15 heavy (non-hydrogen) atoms. The van der Waals surface area contributed by atoms with E-state index in [9.17, 15) is 13.2 Å². The predicted octanol–water partition coefficient (Wildman–Crippen LogP) is 1.68. The molecule has 0 saturated carbocycles. The number of para-hydroxylation sites is 1. The minimum Gasteiger partial charge on any atom is -0.166 e. The van der Waals surface area contributed by atoms with Crippen LogP contribution in [0.1, 0.15) is 5.56 Å². The van der Waals surface area contributed by atoms with Crippen molar-refractivity contribution in [2.75, 3.05) is 0 Å². The summed E-state index contributed by atoms with van der Waals surface area (Å²) in [7, 11) is 0. The summed E-state index contributed by atoms with van der Waals surface area (Å²) in [6, 6.07) is 5.04. The van der Waals surface area contributed by atoms with Gasteiger partial charge < -0.3 is 0 Å². The molecule has 7 heteroatoms. The third kappa shape index (κ3) is 1.80. The van der Waals surface area contributed by atoms with Crippen molar-refractivity contribution in [3.8, 4) is 5.69 Å². The second-order valence-corrected chi connectivity index (χ2v) is 2.74. The van der Waals surface area contributed by atoms with E-state index < -0.39 is 11.7 Å². The van der Waals surface area contributed by atoms with Crippen LogP contribution in [0.5, 0.6) is 0 Å². The summed E-state index contributed by atoms with van der Waals surface area (Å²) in [5, 5.41) is 10.3. The Hall–Kier alpha value is -1.92. The fourth-order valence-corrected chi connectivity index (χ4v) is 1.17. The van der Waals surface area contributed by atoms with Crippen molar-refractivity contribution in [3.05, 3.63) is 36.2 Å². The highest BCUT2D eigenvalue weighted by molar-refractivity contribution is 5.40. The highest BCUT2D eigenvalue weighted by Crippen LogP contribution is 2.32. The van der Waals surface area contributed by atoms with E-state index in [4.69, 9.17) is 0 Å². The van der Waals surface area contributed by atoms with Crippen LogP contribution in [0.25, 0.3) is 5.69 Å². The van der Waals surface area contributed by atoms with Crippen LogP contribution in [-0.4, -0.2) is 20.2 Å². The third-order valence-electron chi connectivity index (χ3n) is 1.77. The molecule has 0 unspecified atom stereocenters. The first-order chi connectivity index (χ1) is 7.09. The largest absolute Gasteiger partial charge is 0.418 e. The van der Waals surface area contributed by atoms with E-state index in [0.29, 0.717) is 0 Å². The second-order valence-electron chi connectivity index (χ2n) is 2.74. The normalized spacial score (nSPS) is 11.7. The SMILES string of the molecule is FC(F)(F)c1ccccc1-n1ncnn1. The van der Waals surface area contributed by atoms with Gasteiger partial charge in [-0.1, -0.05) is 12.1 Å². The number of nitrogens with zero attached hydrogens (tertiary/aromatic N) is 4. The molecule has 2 aromatic rings. The van der Waals surface area contributed by atoms with Gasteiger partial charge in [0.1, 0.15) is 0 Å². The Morgan fingerprint density at radius 3 is 2.47 bits per heavy atom. The molecule has 0 N–H and O–H groups in total. The molecular weight excluding hydrogens is 209 g/mol. The average molecular weight is 214 g/mol. The molecular formula is C8H5F3N4. The summed E-state index contributed by atoms with van der Waals surface area (Å²) in [4.78, 5) is 0.836. The van der Waals surface area contributed by atoms with Crippen molar-refractivity contribution >= 4 is 0 Å². The minimum atomic E-state index is -4.43. The molecule has 0 aliphatic heterocycles. The summed E-state index contributed by atoms with van der Waals surface area (Å²) >= 11 is 0. The molecule has 1 aromatic heterocycles. The third-order valence-corrected chi connectivity index (χ3v) is 1.77. The Labute approximate surface area is 82.3 Å². The molecule has 0 spiro atoms. The zero-order chi connectivity index (χ0) is 10.9. The lowest BCUT2D eigenvalue weighted by molar-refractivity contribution is -0.137. The fourth-order valence-electron chi connectivity index (χ4n) is 1.17. The first-order valence-corrected chi connectivity index (χ1v) is 3.98. The van der Waals surface area contributed by atoms with Crippen LogP contribution in [0.15, 0.2) is 30.6 Å². The van der Waals surface area contributed by atoms with E-state index in [0.717, 1.165) is 17.2 Å². The molecule has 0 aliphatic rings. The zero-order valence-corrected chi connectivity index (χ0v) is 7.31. The summed E-state index contributed by atoms with van der Waals surface area (Å²) in [6.45, 7) is 0. The van der Waals surface area contributed by atoms with Crippen molar-refractivity contribution in [3.63, 3.8) is 0 Å². The Balaban J connectivity index is 2.58. The molecule has 4 nitrogen and oxygen atoms in total. The van der Waals surface area contributed by atoms with Gasteiger partial charge in [0.25, 0.3) is 0 Å². The topological polar surface area (TPSA) is 43.6 Å². The van der Waals surface area contributed by atoms with Crippen LogP contribution < -0.4 is 0 Å². The molecule has 0 atom stereocenters. The van der Waals surface area contributed by atoms with Crippen molar-refractivity contribution < 1.29 is 13.2 Å². The molecule has 0 aliphatic carbocycles. The summed E-state index contributed by atoms with van der Waals surface area (Å²) < 4.78 is 37.7. The number of hydrogen-bond acceptors (Lipinski definition) is 3. The lowest BCUT2D eigenvalue weighted by Gasteiger charge is -2.10. The Morgan fingerprint density at radius 2 is 1.87 bits per heavy atom. The van der Waals surface area contributed by atoms with Gasteiger partial charge in [-0.2, -0.15) is 13.2 Å². The molecule has 1 aromatic carbocycles. The smallest absolute Gasteiger partial charge is 0.166 e. The fraction of sp³-hybridized carbons (Fsp3) is 0.125. The van der Waals surface area contributed by atoms with Gasteiger partial charge in [-0.05, 0) is 17.3 Å². The first kappa shape index (κ1) is 9.63. The highest BCUT2D eigenvalue weighted by atomic mass is 19.4. The molecule has 0 amide bonds. The van der Waals surface area contributed by atoms with E-state index >= 15 is 0 Å². The van der Waals surface area contributed by atoms with Crippen LogP contribution in [0.4, 0.5) is 13.2 Å². The van der Waals surface area contributed by atoms with E-state index in [-0.39, 0.29) is 5.69 Å². The molecule has 2 rings (SSSR count). The van der Waals surface area contributed by atoms with Gasteiger partial charge in [-0.3, -0.25) is 0 Å². The number of benzene rings is 1. The van der Waals surface area contributed by atoms with E-state index in [1.165, 1.54) is 18.2 Å². The van der Waals surface area contributed by atoms with Crippen LogP contribution in [0.3, 0.4) is 0 Å². The molecule has 0 radical (unpaired) electrons. The minimum absolute atomic E-state index is 0.137. The van der Waals surface area contributed by atoms with Gasteiger partial charge in [-0.25, -0.2) is 0 Å². The molecule has 0 bridgehead atoms. The molecule has 0 fully saturated rings. The van der Waals surface area contributed by atoms with Crippen LogP contribution in [0.2, 0.25) is 0 Å². The van der Waals surface area contributed by atoms with Gasteiger partial charge in [-0.15, -0.1) is 15.0 Å². The number of alkyl halides is 3. The number of tetrazole rings is 1. The van der Waals surface area contributed by atoms with E-state index in [2.05, 4.69) is 15.4 Å². The lowest BCUT2D eigenvalue weighted by atomic mass is 10.2. The zero-order valence-electron chi connectivity index (χ0n) is 7.31. The monoisotopic (exact) mass is 214 g/mol. The van der Waals surface area contributed by atoms with Crippen LogP contribution in [0, 0.1) is 0 Å². The molecule has 1 heterocycles. The van der Waals surface area contributed by atoms with Crippen LogP contribution in [-0.2, 0) is 6.18 Å². The quantitative estimate of drug-likeness (QED) is 0.725. The summed E-state index contributed by atoms with van der Waals surface area (Å²) in [5.41, 5.74) is -0.925. The number of aromatic nitrogens is 4. The van der Waals surface area contributed by atoms with Crippen molar-refractivity contribution in [1.29, 1.82) is 0 Å². The predicted molar refractivity (Wildman–Crippen MR) is 44.2 cm³/mol. The number of hydrogen-bond donors (Lipinski definition) is 0. The average Bonchev–Trinajstić information content (AvgIpc) is 2.69. The lowest BCUT2D eigenvalue weighted by Crippen LogP contribution is -2.12. The molecule has 78 valence electrons. The first-order valence-electron chi connectivity index (χ1n) is 3.98. The van der Waals surface area contributed by atoms with Crippen molar-refractivity contribution in [1.82, 2.24) is 20.2 Å². The van der Waals surface area contributed by atoms with E-state index in [1.54, 1.807) is 0 Å². The summed E-state index contributed by atoms with van der Waals surface area (Å²) in [6.07, 6.45) is -3.35. The number of rotatable bonds is 1. The van der Waals surface area contributed by atoms with Crippen LogP contribution >= 0.6 is 0 Å². The Morgan fingerprint density at radius 1 is 1.13 bits per heavy atom. The van der Waals surface area contributed by atoms with Gasteiger partial charge in [0.15, 0.2) is 6.33 Å². The van der Waals surface area contributed by atoms with Gasteiger partial charge in [0, 0.05) is 0 Å². The summed E-state index contributed by atoms with van der Waals surface area (Å²) in [5.74, 6) is 0. The van der Waals surface area contributed by atoms with Crippen molar-refractivity contribution in [2.45, 2.75) is 6.18 Å². The maximum atomic E-state index is 12.6. The highest BCUT2D eigenvalue weighted by Gasteiger charge is 2.34. The van der Waals surface area contributed by atoms with E-state index in [1.807, 2.05) is 0 Å². The standard InChI is InChI=1S/C8H5F3N4/c9-8(10,11)6-3-1-2-4-7(6)15-13-5-12-14-15/h1-5H. The maximum absolute atomic E-state index is 12.6. The second kappa shape index (κ2) is 3.34. The number of halogens is 3.